The quantitative estimate of drug-likeness (QED) is 0.750. The van der Waals surface area contributed by atoms with E-state index in [2.05, 4.69) is 17.2 Å². The summed E-state index contributed by atoms with van der Waals surface area (Å²) in [6, 6.07) is 1.50. The molecule has 1 saturated carbocycles. The number of ether oxygens (including phenoxy) is 1. The predicted octanol–water partition coefficient (Wildman–Crippen LogP) is 2.33. The molecule has 0 radical (unpaired) electrons. The first-order valence-electron chi connectivity index (χ1n) is 10.4. The SMILES string of the molecule is COc1ncc(NC(=O)C(=O)N2C[C@H](C)CCC2C2CCCCC2)cc1C(N)=O. The number of pyridine rings is 1. The van der Waals surface area contributed by atoms with E-state index in [1.165, 1.54) is 38.6 Å². The van der Waals surface area contributed by atoms with E-state index in [-0.39, 0.29) is 23.2 Å². The maximum atomic E-state index is 13.0. The van der Waals surface area contributed by atoms with Crippen molar-refractivity contribution in [2.75, 3.05) is 19.0 Å². The van der Waals surface area contributed by atoms with E-state index in [0.29, 0.717) is 18.4 Å². The van der Waals surface area contributed by atoms with Crippen LogP contribution in [0.2, 0.25) is 0 Å². The first kappa shape index (κ1) is 21.1. The standard InChI is InChI=1S/C21H30N4O4/c1-13-8-9-17(14-6-4-3-5-7-14)25(12-13)21(28)19(27)24-15-10-16(18(22)26)20(29-2)23-11-15/h10-11,13-14,17H,3-9,12H2,1-2H3,(H2,22,26)(H,24,27)/t13-,17?/m1/s1. The number of nitrogens with zero attached hydrogens (tertiary/aromatic N) is 2. The van der Waals surface area contributed by atoms with Crippen molar-refractivity contribution < 1.29 is 19.1 Å². The smallest absolute Gasteiger partial charge is 0.313 e. The summed E-state index contributed by atoms with van der Waals surface area (Å²) in [6.45, 7) is 2.71. The Bertz CT molecular complexity index is 776. The number of hydrogen-bond acceptors (Lipinski definition) is 5. The Kier molecular flexibility index (Phi) is 6.71. The highest BCUT2D eigenvalue weighted by Crippen LogP contribution is 2.35. The molecule has 158 valence electrons. The summed E-state index contributed by atoms with van der Waals surface area (Å²) in [6.07, 6.45) is 9.24. The zero-order valence-electron chi connectivity index (χ0n) is 17.1. The van der Waals surface area contributed by atoms with Crippen molar-refractivity contribution in [1.82, 2.24) is 9.88 Å². The largest absolute Gasteiger partial charge is 0.480 e. The van der Waals surface area contributed by atoms with Gasteiger partial charge < -0.3 is 20.7 Å². The lowest BCUT2D eigenvalue weighted by atomic mass is 9.78. The number of carbonyl (C=O) groups is 3. The number of nitrogens with one attached hydrogen (secondary N) is 1. The number of carbonyl (C=O) groups excluding carboxylic acids is 3. The van der Waals surface area contributed by atoms with E-state index < -0.39 is 17.7 Å². The Morgan fingerprint density at radius 3 is 2.55 bits per heavy atom. The van der Waals surface area contributed by atoms with Crippen molar-refractivity contribution in [2.45, 2.75) is 57.9 Å². The van der Waals surface area contributed by atoms with Gasteiger partial charge in [-0.3, -0.25) is 14.4 Å². The summed E-state index contributed by atoms with van der Waals surface area (Å²) in [5, 5.41) is 2.57. The van der Waals surface area contributed by atoms with E-state index in [0.717, 1.165) is 25.7 Å². The summed E-state index contributed by atoms with van der Waals surface area (Å²) in [5.41, 5.74) is 5.62. The van der Waals surface area contributed by atoms with Crippen molar-refractivity contribution in [1.29, 1.82) is 0 Å². The summed E-state index contributed by atoms with van der Waals surface area (Å²) < 4.78 is 5.00. The van der Waals surface area contributed by atoms with Crippen LogP contribution in [0.4, 0.5) is 5.69 Å². The first-order chi connectivity index (χ1) is 13.9. The summed E-state index contributed by atoms with van der Waals surface area (Å²) >= 11 is 0. The number of aromatic nitrogens is 1. The monoisotopic (exact) mass is 402 g/mol. The van der Waals surface area contributed by atoms with Gasteiger partial charge in [-0.2, -0.15) is 0 Å². The van der Waals surface area contributed by atoms with E-state index >= 15 is 0 Å². The highest BCUT2D eigenvalue weighted by molar-refractivity contribution is 6.39. The van der Waals surface area contributed by atoms with Gasteiger partial charge in [0, 0.05) is 12.6 Å². The lowest BCUT2D eigenvalue weighted by Gasteiger charge is -2.43. The fraction of sp³-hybridized carbons (Fsp3) is 0.619. The highest BCUT2D eigenvalue weighted by atomic mass is 16.5. The van der Waals surface area contributed by atoms with E-state index in [1.54, 1.807) is 4.90 Å². The number of methoxy groups -OCH3 is 1. The average molecular weight is 402 g/mol. The number of piperidine rings is 1. The summed E-state index contributed by atoms with van der Waals surface area (Å²) in [5.74, 6) is -1.05. The minimum atomic E-state index is -0.723. The third-order valence-corrected chi connectivity index (χ3v) is 6.08. The number of likely N-dealkylation sites (tertiary alicyclic amines) is 1. The Morgan fingerprint density at radius 1 is 1.17 bits per heavy atom. The molecule has 1 saturated heterocycles. The molecule has 1 unspecified atom stereocenters. The van der Waals surface area contributed by atoms with Gasteiger partial charge in [-0.25, -0.2) is 4.98 Å². The zero-order valence-corrected chi connectivity index (χ0v) is 17.1. The van der Waals surface area contributed by atoms with Crippen molar-refractivity contribution in [3.05, 3.63) is 17.8 Å². The second-order valence-corrected chi connectivity index (χ2v) is 8.20. The number of anilines is 1. The molecule has 1 aliphatic heterocycles. The molecule has 2 aliphatic rings. The van der Waals surface area contributed by atoms with Crippen LogP contribution in [0.15, 0.2) is 12.3 Å². The molecule has 1 aliphatic carbocycles. The number of hydrogen-bond donors (Lipinski definition) is 2. The summed E-state index contributed by atoms with van der Waals surface area (Å²) in [4.78, 5) is 43.0. The van der Waals surface area contributed by atoms with Crippen LogP contribution < -0.4 is 15.8 Å². The van der Waals surface area contributed by atoms with E-state index in [9.17, 15) is 14.4 Å². The van der Waals surface area contributed by atoms with Gasteiger partial charge in [0.15, 0.2) is 0 Å². The van der Waals surface area contributed by atoms with E-state index in [1.807, 2.05) is 0 Å². The van der Waals surface area contributed by atoms with Crippen LogP contribution >= 0.6 is 0 Å². The predicted molar refractivity (Wildman–Crippen MR) is 108 cm³/mol. The Hall–Kier alpha value is -2.64. The molecule has 2 fully saturated rings. The van der Waals surface area contributed by atoms with Gasteiger partial charge in [-0.05, 0) is 43.6 Å². The topological polar surface area (TPSA) is 115 Å². The third-order valence-electron chi connectivity index (χ3n) is 6.08. The second kappa shape index (κ2) is 9.24. The van der Waals surface area contributed by atoms with Gasteiger partial charge in [-0.15, -0.1) is 0 Å². The number of rotatable bonds is 4. The molecule has 1 aromatic heterocycles. The van der Waals surface area contributed by atoms with Crippen LogP contribution in [0.3, 0.4) is 0 Å². The van der Waals surface area contributed by atoms with Crippen molar-refractivity contribution in [3.63, 3.8) is 0 Å². The molecule has 3 N–H and O–H groups in total. The maximum Gasteiger partial charge on any atom is 0.313 e. The Balaban J connectivity index is 1.74. The first-order valence-corrected chi connectivity index (χ1v) is 10.4. The van der Waals surface area contributed by atoms with Gasteiger partial charge in [0.2, 0.25) is 5.88 Å². The average Bonchev–Trinajstić information content (AvgIpc) is 2.73. The van der Waals surface area contributed by atoms with Crippen LogP contribution in [0.25, 0.3) is 0 Å². The van der Waals surface area contributed by atoms with Crippen LogP contribution in [0, 0.1) is 11.8 Å². The Morgan fingerprint density at radius 2 is 1.90 bits per heavy atom. The lowest BCUT2D eigenvalue weighted by Crippen LogP contribution is -2.53. The number of primary amides is 1. The van der Waals surface area contributed by atoms with Crippen molar-refractivity contribution in [3.8, 4) is 5.88 Å². The molecule has 8 heteroatoms. The normalized spacial score (nSPS) is 22.8. The fourth-order valence-electron chi connectivity index (χ4n) is 4.59. The molecule has 8 nitrogen and oxygen atoms in total. The van der Waals surface area contributed by atoms with Crippen LogP contribution in [-0.4, -0.2) is 47.3 Å². The van der Waals surface area contributed by atoms with Crippen molar-refractivity contribution >= 4 is 23.4 Å². The molecule has 1 aromatic rings. The molecule has 0 bridgehead atoms. The zero-order chi connectivity index (χ0) is 21.0. The van der Waals surface area contributed by atoms with Crippen LogP contribution in [0.5, 0.6) is 5.88 Å². The summed E-state index contributed by atoms with van der Waals surface area (Å²) in [7, 11) is 1.37. The minimum absolute atomic E-state index is 0.0458. The highest BCUT2D eigenvalue weighted by Gasteiger charge is 2.37. The van der Waals surface area contributed by atoms with Crippen molar-refractivity contribution in [2.24, 2.45) is 17.6 Å². The molecule has 29 heavy (non-hydrogen) atoms. The molecule has 2 atom stereocenters. The van der Waals surface area contributed by atoms with Gasteiger partial charge >= 0.3 is 11.8 Å². The number of amides is 3. The molecule has 0 spiro atoms. The fourth-order valence-corrected chi connectivity index (χ4v) is 4.59. The molecule has 0 aromatic carbocycles. The van der Waals surface area contributed by atoms with Gasteiger partial charge in [0.1, 0.15) is 5.56 Å². The molecule has 2 heterocycles. The van der Waals surface area contributed by atoms with E-state index in [4.69, 9.17) is 10.5 Å². The Labute approximate surface area is 171 Å². The van der Waals surface area contributed by atoms with Crippen LogP contribution in [0.1, 0.15) is 62.2 Å². The van der Waals surface area contributed by atoms with Crippen LogP contribution in [-0.2, 0) is 9.59 Å². The minimum Gasteiger partial charge on any atom is -0.480 e. The number of nitrogens with two attached hydrogens (primary N) is 1. The maximum absolute atomic E-state index is 13.0. The van der Waals surface area contributed by atoms with Gasteiger partial charge in [0.05, 0.1) is 19.0 Å². The lowest BCUT2D eigenvalue weighted by molar-refractivity contribution is -0.147. The van der Waals surface area contributed by atoms with Gasteiger partial charge in [-0.1, -0.05) is 26.2 Å². The second-order valence-electron chi connectivity index (χ2n) is 8.20. The molecular formula is C21H30N4O4. The van der Waals surface area contributed by atoms with Gasteiger partial charge in [0.25, 0.3) is 5.91 Å². The third kappa shape index (κ3) is 4.86. The molecular weight excluding hydrogens is 372 g/mol. The molecule has 3 rings (SSSR count). The molecule has 3 amide bonds.